The molecule has 18 heavy (non-hydrogen) atoms. The second-order valence-electron chi connectivity index (χ2n) is 5.15. The molecule has 0 saturated carbocycles. The molecule has 3 atom stereocenters. The fourth-order valence-corrected chi connectivity index (χ4v) is 2.83. The van der Waals surface area contributed by atoms with Gasteiger partial charge in [-0.2, -0.15) is 0 Å². The van der Waals surface area contributed by atoms with E-state index in [2.05, 4.69) is 6.92 Å². The monoisotopic (exact) mass is 256 g/mol. The molecule has 2 heterocycles. The summed E-state index contributed by atoms with van der Waals surface area (Å²) in [4.78, 5) is 14.3. The third-order valence-corrected chi connectivity index (χ3v) is 4.05. The van der Waals surface area contributed by atoms with Crippen molar-refractivity contribution >= 4 is 5.91 Å². The Balaban J connectivity index is 1.95. The first-order valence-corrected chi connectivity index (χ1v) is 6.96. The minimum atomic E-state index is -0.425. The summed E-state index contributed by atoms with van der Waals surface area (Å²) >= 11 is 0. The SMILES string of the molecule is CCC1CCN(C(=O)C2COCCO2)C(CN)C1. The van der Waals surface area contributed by atoms with Gasteiger partial charge in [0.1, 0.15) is 0 Å². The van der Waals surface area contributed by atoms with Crippen LogP contribution in [0.1, 0.15) is 26.2 Å². The molecular formula is C13H24N2O3. The third kappa shape index (κ3) is 3.02. The fourth-order valence-electron chi connectivity index (χ4n) is 2.83. The Morgan fingerprint density at radius 1 is 1.44 bits per heavy atom. The largest absolute Gasteiger partial charge is 0.376 e. The van der Waals surface area contributed by atoms with Gasteiger partial charge in [0.15, 0.2) is 6.10 Å². The molecule has 3 unspecified atom stereocenters. The van der Waals surface area contributed by atoms with Crippen LogP contribution in [0, 0.1) is 5.92 Å². The van der Waals surface area contributed by atoms with Crippen LogP contribution in [0.25, 0.3) is 0 Å². The normalized spacial score (nSPS) is 33.4. The summed E-state index contributed by atoms with van der Waals surface area (Å²) in [6, 6.07) is 0.168. The van der Waals surface area contributed by atoms with Gasteiger partial charge in [-0.3, -0.25) is 4.79 Å². The highest BCUT2D eigenvalue weighted by molar-refractivity contribution is 5.81. The second-order valence-corrected chi connectivity index (χ2v) is 5.15. The summed E-state index contributed by atoms with van der Waals surface area (Å²) in [6.45, 7) is 5.02. The molecule has 0 aliphatic carbocycles. The van der Waals surface area contributed by atoms with E-state index >= 15 is 0 Å². The average Bonchev–Trinajstić information content (AvgIpc) is 2.46. The third-order valence-electron chi connectivity index (χ3n) is 4.05. The summed E-state index contributed by atoms with van der Waals surface area (Å²) in [5.74, 6) is 0.755. The van der Waals surface area contributed by atoms with Gasteiger partial charge in [-0.15, -0.1) is 0 Å². The second kappa shape index (κ2) is 6.50. The van der Waals surface area contributed by atoms with E-state index in [0.717, 1.165) is 19.4 Å². The summed E-state index contributed by atoms with van der Waals surface area (Å²) in [5.41, 5.74) is 5.81. The summed E-state index contributed by atoms with van der Waals surface area (Å²) in [5, 5.41) is 0. The van der Waals surface area contributed by atoms with Crippen LogP contribution >= 0.6 is 0 Å². The van der Waals surface area contributed by atoms with Crippen LogP contribution in [0.2, 0.25) is 0 Å². The van der Waals surface area contributed by atoms with E-state index in [1.807, 2.05) is 4.90 Å². The van der Waals surface area contributed by atoms with Gasteiger partial charge in [-0.05, 0) is 18.8 Å². The van der Waals surface area contributed by atoms with Crippen molar-refractivity contribution in [2.45, 2.75) is 38.3 Å². The van der Waals surface area contributed by atoms with Gasteiger partial charge in [-0.1, -0.05) is 13.3 Å². The molecule has 2 fully saturated rings. The molecule has 2 rings (SSSR count). The number of likely N-dealkylation sites (tertiary alicyclic amines) is 1. The Morgan fingerprint density at radius 3 is 2.89 bits per heavy atom. The minimum absolute atomic E-state index is 0.0553. The number of hydrogen-bond donors (Lipinski definition) is 1. The van der Waals surface area contributed by atoms with E-state index < -0.39 is 6.10 Å². The molecule has 0 aromatic rings. The molecule has 5 heteroatoms. The number of ether oxygens (including phenoxy) is 2. The van der Waals surface area contributed by atoms with E-state index in [9.17, 15) is 4.79 Å². The van der Waals surface area contributed by atoms with E-state index in [-0.39, 0.29) is 11.9 Å². The van der Waals surface area contributed by atoms with Crippen LogP contribution in [-0.2, 0) is 14.3 Å². The van der Waals surface area contributed by atoms with Crippen molar-refractivity contribution in [3.05, 3.63) is 0 Å². The summed E-state index contributed by atoms with van der Waals surface area (Å²) < 4.78 is 10.8. The molecule has 0 bridgehead atoms. The lowest BCUT2D eigenvalue weighted by atomic mass is 9.88. The zero-order valence-corrected chi connectivity index (χ0v) is 11.1. The zero-order chi connectivity index (χ0) is 13.0. The predicted molar refractivity (Wildman–Crippen MR) is 68.1 cm³/mol. The van der Waals surface area contributed by atoms with Crippen molar-refractivity contribution in [2.24, 2.45) is 11.7 Å². The first-order chi connectivity index (χ1) is 8.76. The van der Waals surface area contributed by atoms with Crippen LogP contribution in [0.3, 0.4) is 0 Å². The Labute approximate surface area is 109 Å². The Kier molecular flexibility index (Phi) is 4.97. The first-order valence-electron chi connectivity index (χ1n) is 6.96. The van der Waals surface area contributed by atoms with Gasteiger partial charge in [0.25, 0.3) is 5.91 Å². The number of nitrogens with zero attached hydrogens (tertiary/aromatic N) is 1. The number of piperidine rings is 1. The maximum Gasteiger partial charge on any atom is 0.254 e. The quantitative estimate of drug-likeness (QED) is 0.793. The van der Waals surface area contributed by atoms with E-state index in [1.165, 1.54) is 6.42 Å². The van der Waals surface area contributed by atoms with Crippen molar-refractivity contribution in [3.63, 3.8) is 0 Å². The highest BCUT2D eigenvalue weighted by atomic mass is 16.6. The maximum atomic E-state index is 12.4. The molecule has 0 spiro atoms. The summed E-state index contributed by atoms with van der Waals surface area (Å²) in [6.07, 6.45) is 2.84. The fraction of sp³-hybridized carbons (Fsp3) is 0.923. The minimum Gasteiger partial charge on any atom is -0.376 e. The van der Waals surface area contributed by atoms with Crippen LogP contribution in [0.5, 0.6) is 0 Å². The van der Waals surface area contributed by atoms with Gasteiger partial charge in [-0.25, -0.2) is 0 Å². The van der Waals surface area contributed by atoms with E-state index in [0.29, 0.717) is 32.3 Å². The van der Waals surface area contributed by atoms with E-state index in [1.54, 1.807) is 0 Å². The molecule has 2 saturated heterocycles. The molecule has 2 aliphatic heterocycles. The Morgan fingerprint density at radius 2 is 2.28 bits per heavy atom. The average molecular weight is 256 g/mol. The van der Waals surface area contributed by atoms with E-state index in [4.69, 9.17) is 15.2 Å². The topological polar surface area (TPSA) is 64.8 Å². The molecule has 104 valence electrons. The number of amides is 1. The Bertz CT molecular complexity index is 279. The smallest absolute Gasteiger partial charge is 0.254 e. The van der Waals surface area contributed by atoms with Crippen molar-refractivity contribution in [1.29, 1.82) is 0 Å². The van der Waals surface area contributed by atoms with Crippen molar-refractivity contribution in [2.75, 3.05) is 32.9 Å². The van der Waals surface area contributed by atoms with Crippen LogP contribution in [-0.4, -0.2) is 55.9 Å². The van der Waals surface area contributed by atoms with Gasteiger partial charge >= 0.3 is 0 Å². The lowest BCUT2D eigenvalue weighted by molar-refractivity contribution is -0.161. The van der Waals surface area contributed by atoms with Crippen LogP contribution in [0.4, 0.5) is 0 Å². The number of nitrogens with two attached hydrogens (primary N) is 1. The lowest BCUT2D eigenvalue weighted by Gasteiger charge is -2.40. The number of rotatable bonds is 3. The predicted octanol–water partition coefficient (Wildman–Crippen LogP) is 0.378. The molecule has 2 N–H and O–H groups in total. The molecule has 0 aromatic carbocycles. The number of carbonyl (C=O) groups excluding carboxylic acids is 1. The van der Waals surface area contributed by atoms with Crippen LogP contribution in [0.15, 0.2) is 0 Å². The van der Waals surface area contributed by atoms with Crippen molar-refractivity contribution < 1.29 is 14.3 Å². The van der Waals surface area contributed by atoms with Crippen LogP contribution < -0.4 is 5.73 Å². The zero-order valence-electron chi connectivity index (χ0n) is 11.1. The molecule has 0 radical (unpaired) electrons. The molecule has 2 aliphatic rings. The number of carbonyl (C=O) groups is 1. The first kappa shape index (κ1) is 13.8. The molecule has 1 amide bonds. The summed E-state index contributed by atoms with van der Waals surface area (Å²) in [7, 11) is 0. The lowest BCUT2D eigenvalue weighted by Crippen LogP contribution is -2.54. The van der Waals surface area contributed by atoms with Gasteiger partial charge < -0.3 is 20.1 Å². The molecular weight excluding hydrogens is 232 g/mol. The highest BCUT2D eigenvalue weighted by Gasteiger charge is 2.34. The standard InChI is InChI=1S/C13H24N2O3/c1-2-10-3-4-15(11(7-10)8-14)13(16)12-9-17-5-6-18-12/h10-12H,2-9,14H2,1H3. The highest BCUT2D eigenvalue weighted by Crippen LogP contribution is 2.26. The molecule has 0 aromatic heterocycles. The van der Waals surface area contributed by atoms with Gasteiger partial charge in [0.05, 0.1) is 19.8 Å². The van der Waals surface area contributed by atoms with Gasteiger partial charge in [0, 0.05) is 19.1 Å². The number of hydrogen-bond acceptors (Lipinski definition) is 4. The van der Waals surface area contributed by atoms with Crippen molar-refractivity contribution in [3.8, 4) is 0 Å². The molecule has 5 nitrogen and oxygen atoms in total. The maximum absolute atomic E-state index is 12.4. The van der Waals surface area contributed by atoms with Crippen molar-refractivity contribution in [1.82, 2.24) is 4.90 Å². The van der Waals surface area contributed by atoms with Gasteiger partial charge in [0.2, 0.25) is 0 Å². The Hall–Kier alpha value is -0.650.